The van der Waals surface area contributed by atoms with Crippen LogP contribution in [0.4, 0.5) is 0 Å². The molecule has 2 heterocycles. The van der Waals surface area contributed by atoms with Crippen LogP contribution in [-0.4, -0.2) is 34.1 Å². The van der Waals surface area contributed by atoms with Gasteiger partial charge in [-0.25, -0.2) is 9.97 Å². The Morgan fingerprint density at radius 2 is 1.81 bits per heavy atom. The second-order valence-electron chi connectivity index (χ2n) is 7.35. The van der Waals surface area contributed by atoms with Crippen molar-refractivity contribution < 1.29 is 0 Å². The number of nitrogens with one attached hydrogen (secondary N) is 2. The molecule has 0 spiro atoms. The van der Waals surface area contributed by atoms with Gasteiger partial charge in [-0.05, 0) is 29.7 Å². The van der Waals surface area contributed by atoms with E-state index in [1.807, 2.05) is 24.7 Å². The Kier molecular flexibility index (Phi) is 9.04. The van der Waals surface area contributed by atoms with Gasteiger partial charge in [-0.1, -0.05) is 43.3 Å². The second kappa shape index (κ2) is 12.0. The fourth-order valence-electron chi connectivity index (χ4n) is 3.42. The smallest absolute Gasteiger partial charge is 0.191 e. The summed E-state index contributed by atoms with van der Waals surface area (Å²) in [6, 6.07) is 16.9. The Morgan fingerprint density at radius 1 is 1.03 bits per heavy atom. The summed E-state index contributed by atoms with van der Waals surface area (Å²) in [5, 5.41) is 7.92. The first kappa shape index (κ1) is 24.2. The van der Waals surface area contributed by atoms with E-state index in [9.17, 15) is 0 Å². The number of rotatable bonds is 8. The molecule has 6 nitrogen and oxygen atoms in total. The lowest BCUT2D eigenvalue weighted by molar-refractivity contribution is 0.790. The molecular weight excluding hydrogens is 531 g/mol. The highest BCUT2D eigenvalue weighted by Crippen LogP contribution is 2.15. The zero-order valence-corrected chi connectivity index (χ0v) is 21.6. The lowest BCUT2D eigenvalue weighted by Gasteiger charge is -2.12. The van der Waals surface area contributed by atoms with E-state index in [0.29, 0.717) is 0 Å². The molecule has 0 aliphatic carbocycles. The Labute approximate surface area is 210 Å². The number of guanidine groups is 1. The van der Waals surface area contributed by atoms with Crippen LogP contribution in [0.15, 0.2) is 66.0 Å². The Hall–Kier alpha value is -2.46. The van der Waals surface area contributed by atoms with Gasteiger partial charge in [0.25, 0.3) is 0 Å². The van der Waals surface area contributed by atoms with Crippen molar-refractivity contribution in [1.82, 2.24) is 25.2 Å². The number of benzene rings is 2. The second-order valence-corrected chi connectivity index (χ2v) is 8.55. The lowest BCUT2D eigenvalue weighted by atomic mass is 10.1. The zero-order chi connectivity index (χ0) is 21.5. The molecule has 0 aliphatic heterocycles. The summed E-state index contributed by atoms with van der Waals surface area (Å²) in [5.74, 6) is 0.807. The number of hydrogen-bond acceptors (Lipinski definition) is 4. The van der Waals surface area contributed by atoms with Crippen LogP contribution >= 0.6 is 35.3 Å². The van der Waals surface area contributed by atoms with E-state index in [2.05, 4.69) is 73.5 Å². The highest BCUT2D eigenvalue weighted by atomic mass is 127. The summed E-state index contributed by atoms with van der Waals surface area (Å²) in [6.45, 7) is 4.51. The maximum absolute atomic E-state index is 4.47. The number of aryl methyl sites for hydroxylation is 1. The normalized spacial score (nSPS) is 11.4. The highest BCUT2D eigenvalue weighted by molar-refractivity contribution is 14.0. The molecule has 32 heavy (non-hydrogen) atoms. The van der Waals surface area contributed by atoms with Crippen molar-refractivity contribution in [2.24, 2.45) is 4.99 Å². The minimum absolute atomic E-state index is 0. The Bertz CT molecular complexity index is 1150. The summed E-state index contributed by atoms with van der Waals surface area (Å²) in [5.41, 5.74) is 4.66. The Morgan fingerprint density at radius 3 is 2.56 bits per heavy atom. The van der Waals surface area contributed by atoms with Gasteiger partial charge in [-0.3, -0.25) is 4.99 Å². The van der Waals surface area contributed by atoms with E-state index >= 15 is 0 Å². The van der Waals surface area contributed by atoms with Gasteiger partial charge in [0.15, 0.2) is 5.96 Å². The van der Waals surface area contributed by atoms with Crippen molar-refractivity contribution in [3.8, 4) is 0 Å². The molecule has 168 valence electrons. The maximum Gasteiger partial charge on any atom is 0.191 e. The quantitative estimate of drug-likeness (QED) is 0.188. The van der Waals surface area contributed by atoms with E-state index in [-0.39, 0.29) is 24.0 Å². The van der Waals surface area contributed by atoms with Gasteiger partial charge in [0.1, 0.15) is 0 Å². The summed E-state index contributed by atoms with van der Waals surface area (Å²) < 4.78 is 2.18. The topological polar surface area (TPSA) is 67.1 Å². The number of para-hydroxylation sites is 2. The van der Waals surface area contributed by atoms with Gasteiger partial charge in [-0.2, -0.15) is 0 Å². The molecule has 0 atom stereocenters. The molecule has 0 unspecified atom stereocenters. The van der Waals surface area contributed by atoms with E-state index in [4.69, 9.17) is 0 Å². The molecule has 4 rings (SSSR count). The molecule has 8 heteroatoms. The molecule has 4 aromatic rings. The van der Waals surface area contributed by atoms with Crippen LogP contribution in [0.25, 0.3) is 11.0 Å². The number of thiazole rings is 1. The van der Waals surface area contributed by atoms with Crippen LogP contribution in [0.3, 0.4) is 0 Å². The van der Waals surface area contributed by atoms with Gasteiger partial charge in [0.05, 0.1) is 22.4 Å². The van der Waals surface area contributed by atoms with Gasteiger partial charge < -0.3 is 15.2 Å². The van der Waals surface area contributed by atoms with E-state index in [1.165, 1.54) is 21.0 Å². The first-order valence-corrected chi connectivity index (χ1v) is 11.4. The zero-order valence-electron chi connectivity index (χ0n) is 18.4. The molecule has 0 saturated carbocycles. The monoisotopic (exact) mass is 560 g/mol. The third kappa shape index (κ3) is 6.29. The number of halogens is 1. The number of imidazole rings is 1. The first-order chi connectivity index (χ1) is 15.2. The minimum Gasteiger partial charge on any atom is -0.356 e. The van der Waals surface area contributed by atoms with Crippen LogP contribution in [0, 0.1) is 0 Å². The summed E-state index contributed by atoms with van der Waals surface area (Å²) >= 11 is 1.79. The van der Waals surface area contributed by atoms with Gasteiger partial charge in [-0.15, -0.1) is 35.3 Å². The van der Waals surface area contributed by atoms with E-state index < -0.39 is 0 Å². The summed E-state index contributed by atoms with van der Waals surface area (Å²) in [7, 11) is 1.80. The fraction of sp³-hybridized carbons (Fsp3) is 0.292. The molecule has 2 aromatic carbocycles. The SMILES string of the molecule is CCc1cnc(CCNC(=NC)NCc2ccc(Cn3cnc4ccccc43)cc2)s1.I. The molecule has 2 aromatic heterocycles. The predicted molar refractivity (Wildman–Crippen MR) is 144 cm³/mol. The van der Waals surface area contributed by atoms with Crippen molar-refractivity contribution in [1.29, 1.82) is 0 Å². The lowest BCUT2D eigenvalue weighted by Crippen LogP contribution is -2.37. The molecule has 0 amide bonds. The van der Waals surface area contributed by atoms with Gasteiger partial charge in [0, 0.05) is 44.2 Å². The molecule has 0 bridgehead atoms. The number of nitrogens with zero attached hydrogens (tertiary/aromatic N) is 4. The average molecular weight is 561 g/mol. The van der Waals surface area contributed by atoms with Crippen molar-refractivity contribution in [2.75, 3.05) is 13.6 Å². The van der Waals surface area contributed by atoms with Gasteiger partial charge >= 0.3 is 0 Å². The highest BCUT2D eigenvalue weighted by Gasteiger charge is 2.04. The Balaban J connectivity index is 0.00000289. The van der Waals surface area contributed by atoms with Crippen LogP contribution in [0.5, 0.6) is 0 Å². The van der Waals surface area contributed by atoms with Crippen molar-refractivity contribution >= 4 is 52.3 Å². The standard InChI is InChI=1S/C24H28N6S.HI/c1-3-20-15-27-23(31-20)12-13-26-24(25-2)28-14-18-8-10-19(11-9-18)16-30-17-29-21-6-4-5-7-22(21)30;/h4-11,15,17H,3,12-14,16H2,1-2H3,(H2,25,26,28);1H. The molecule has 0 aliphatic rings. The molecule has 2 N–H and O–H groups in total. The van der Waals surface area contributed by atoms with Crippen molar-refractivity contribution in [2.45, 2.75) is 32.9 Å². The fourth-order valence-corrected chi connectivity index (χ4v) is 4.28. The minimum atomic E-state index is 0. The average Bonchev–Trinajstić information content (AvgIpc) is 3.44. The maximum atomic E-state index is 4.47. The molecule has 0 fully saturated rings. The third-order valence-electron chi connectivity index (χ3n) is 5.17. The van der Waals surface area contributed by atoms with Crippen LogP contribution < -0.4 is 10.6 Å². The molecule has 0 radical (unpaired) electrons. The number of hydrogen-bond donors (Lipinski definition) is 2. The van der Waals surface area contributed by atoms with E-state index in [1.54, 1.807) is 18.4 Å². The van der Waals surface area contributed by atoms with Gasteiger partial charge in [0.2, 0.25) is 0 Å². The molecular formula is C24H29IN6S. The molecule has 0 saturated heterocycles. The third-order valence-corrected chi connectivity index (χ3v) is 6.37. The van der Waals surface area contributed by atoms with Crippen LogP contribution in [0.1, 0.15) is 27.9 Å². The number of aromatic nitrogens is 3. The van der Waals surface area contributed by atoms with Crippen LogP contribution in [-0.2, 0) is 25.9 Å². The van der Waals surface area contributed by atoms with Crippen molar-refractivity contribution in [3.05, 3.63) is 82.1 Å². The largest absolute Gasteiger partial charge is 0.356 e. The number of fused-ring (bicyclic) bond motifs is 1. The van der Waals surface area contributed by atoms with Crippen LogP contribution in [0.2, 0.25) is 0 Å². The summed E-state index contributed by atoms with van der Waals surface area (Å²) in [6.07, 6.45) is 5.84. The summed E-state index contributed by atoms with van der Waals surface area (Å²) in [4.78, 5) is 14.6. The van der Waals surface area contributed by atoms with E-state index in [0.717, 1.165) is 49.5 Å². The van der Waals surface area contributed by atoms with Crippen molar-refractivity contribution in [3.63, 3.8) is 0 Å². The predicted octanol–water partition coefficient (Wildman–Crippen LogP) is 4.63. The number of aliphatic imine (C=N–C) groups is 1. The first-order valence-electron chi connectivity index (χ1n) is 10.6.